The van der Waals surface area contributed by atoms with Gasteiger partial charge in [0.15, 0.2) is 11.7 Å². The van der Waals surface area contributed by atoms with Crippen molar-refractivity contribution in [2.24, 2.45) is 5.10 Å². The second-order valence-electron chi connectivity index (χ2n) is 6.58. The van der Waals surface area contributed by atoms with Gasteiger partial charge in [-0.2, -0.15) is 23.5 Å². The molecule has 2 N–H and O–H groups in total. The predicted molar refractivity (Wildman–Crippen MR) is 139 cm³/mol. The van der Waals surface area contributed by atoms with Crippen molar-refractivity contribution >= 4 is 79.5 Å². The van der Waals surface area contributed by atoms with Crippen LogP contribution in [-0.4, -0.2) is 23.7 Å². The summed E-state index contributed by atoms with van der Waals surface area (Å²) in [7, 11) is 0. The van der Waals surface area contributed by atoms with Crippen molar-refractivity contribution in [2.45, 2.75) is 12.6 Å². The van der Waals surface area contributed by atoms with E-state index in [0.717, 1.165) is 24.8 Å². The number of hydrazone groups is 1. The lowest BCUT2D eigenvalue weighted by Crippen LogP contribution is -2.20. The number of nitrogens with one attached hydrogen (secondary N) is 2. The summed E-state index contributed by atoms with van der Waals surface area (Å²) in [5.74, 6) is 0.215. The lowest BCUT2D eigenvalue weighted by atomic mass is 10.2. The monoisotopic (exact) mass is 711 g/mol. The highest BCUT2D eigenvalue weighted by Crippen LogP contribution is 2.32. The van der Waals surface area contributed by atoms with Crippen molar-refractivity contribution in [2.75, 3.05) is 11.9 Å². The number of thiazole rings is 1. The number of hydrogen-bond donors (Lipinski definition) is 2. The van der Waals surface area contributed by atoms with E-state index < -0.39 is 17.6 Å². The molecule has 0 radical (unpaired) electrons. The van der Waals surface area contributed by atoms with E-state index in [4.69, 9.17) is 10.00 Å². The minimum absolute atomic E-state index is 0.0475. The Morgan fingerprint density at radius 3 is 2.68 bits per heavy atom. The molecule has 0 saturated carbocycles. The molecule has 176 valence electrons. The number of nitriles is 1. The predicted octanol–water partition coefficient (Wildman–Crippen LogP) is 5.71. The Kier molecular flexibility index (Phi) is 9.08. The van der Waals surface area contributed by atoms with E-state index in [0.29, 0.717) is 16.6 Å². The van der Waals surface area contributed by atoms with Crippen LogP contribution in [0.15, 0.2) is 46.9 Å². The van der Waals surface area contributed by atoms with Gasteiger partial charge in [0.05, 0.1) is 31.0 Å². The van der Waals surface area contributed by atoms with Gasteiger partial charge in [-0.15, -0.1) is 11.3 Å². The van der Waals surface area contributed by atoms with Gasteiger partial charge in [0.2, 0.25) is 5.91 Å². The van der Waals surface area contributed by atoms with Gasteiger partial charge in [-0.3, -0.25) is 4.79 Å². The lowest BCUT2D eigenvalue weighted by Gasteiger charge is -2.08. The summed E-state index contributed by atoms with van der Waals surface area (Å²) in [6.07, 6.45) is -3.00. The summed E-state index contributed by atoms with van der Waals surface area (Å²) < 4.78 is 45.6. The minimum atomic E-state index is -4.44. The van der Waals surface area contributed by atoms with Crippen LogP contribution in [0, 0.1) is 18.5 Å². The topological polar surface area (TPSA) is 99.4 Å². The molecule has 7 nitrogen and oxygen atoms in total. The molecule has 0 aliphatic rings. The number of alkyl halides is 3. The van der Waals surface area contributed by atoms with E-state index in [1.165, 1.54) is 29.7 Å². The third-order valence-corrected chi connectivity index (χ3v) is 6.45. The van der Waals surface area contributed by atoms with Crippen LogP contribution in [0.3, 0.4) is 0 Å². The Bertz CT molecular complexity index is 1230. The summed E-state index contributed by atoms with van der Waals surface area (Å²) in [6, 6.07) is 10.3. The number of carbonyl (C=O) groups is 1. The van der Waals surface area contributed by atoms with Crippen molar-refractivity contribution in [3.8, 4) is 11.8 Å². The molecule has 3 aromatic rings. The molecule has 34 heavy (non-hydrogen) atoms. The third kappa shape index (κ3) is 7.53. The summed E-state index contributed by atoms with van der Waals surface area (Å²) >= 11 is 5.36. The first kappa shape index (κ1) is 26.2. The molecule has 0 atom stereocenters. The van der Waals surface area contributed by atoms with Crippen LogP contribution in [-0.2, 0) is 17.4 Å². The number of ether oxygens (including phenoxy) is 1. The van der Waals surface area contributed by atoms with Gasteiger partial charge >= 0.3 is 6.18 Å². The van der Waals surface area contributed by atoms with Gasteiger partial charge in [-0.05, 0) is 81.1 Å². The summed E-state index contributed by atoms with van der Waals surface area (Å²) in [4.78, 5) is 16.4. The van der Waals surface area contributed by atoms with Gasteiger partial charge in [0, 0.05) is 11.1 Å². The average molecular weight is 711 g/mol. The number of rotatable bonds is 8. The zero-order valence-electron chi connectivity index (χ0n) is 17.0. The van der Waals surface area contributed by atoms with Crippen LogP contribution < -0.4 is 15.5 Å². The maximum atomic E-state index is 12.9. The highest BCUT2D eigenvalue weighted by Gasteiger charge is 2.30. The Labute approximate surface area is 223 Å². The first-order valence-electron chi connectivity index (χ1n) is 9.35. The molecule has 0 saturated heterocycles. The number of benzene rings is 2. The van der Waals surface area contributed by atoms with Crippen LogP contribution >= 0.6 is 56.5 Å². The Morgan fingerprint density at radius 2 is 2.00 bits per heavy atom. The average Bonchev–Trinajstić information content (AvgIpc) is 3.19. The molecular weight excluding hydrogens is 697 g/mol. The highest BCUT2D eigenvalue weighted by molar-refractivity contribution is 14.1. The number of carbonyl (C=O) groups excluding carboxylic acids is 1. The normalized spacial score (nSPS) is 11.3. The zero-order chi connectivity index (χ0) is 24.7. The number of aromatic nitrogens is 1. The van der Waals surface area contributed by atoms with Crippen molar-refractivity contribution < 1.29 is 22.7 Å². The van der Waals surface area contributed by atoms with Crippen LogP contribution in [0.1, 0.15) is 16.8 Å². The van der Waals surface area contributed by atoms with Crippen molar-refractivity contribution in [1.29, 1.82) is 5.26 Å². The second kappa shape index (κ2) is 11.8. The van der Waals surface area contributed by atoms with Gasteiger partial charge in [0.1, 0.15) is 11.8 Å². The quantitative estimate of drug-likeness (QED) is 0.177. The SMILES string of the molecule is N#CCOc1c(I)cc(/C=N\NC(=O)Cc2csc(Nc3cccc(C(F)(F)F)c3)n2)cc1I. The van der Waals surface area contributed by atoms with E-state index in [2.05, 4.69) is 66.0 Å². The molecule has 13 heteroatoms. The first-order valence-corrected chi connectivity index (χ1v) is 12.4. The van der Waals surface area contributed by atoms with E-state index in [1.54, 1.807) is 17.5 Å². The minimum Gasteiger partial charge on any atom is -0.477 e. The maximum Gasteiger partial charge on any atom is 0.416 e. The van der Waals surface area contributed by atoms with Crippen LogP contribution in [0.5, 0.6) is 5.75 Å². The standard InChI is InChI=1S/C21H14F3I2N5O2S/c22-21(23,24)13-2-1-3-14(8-13)29-20-30-15(11-34-20)9-18(32)31-28-10-12-6-16(25)19(17(26)7-12)33-5-4-27/h1-3,6-8,10-11H,5,9H2,(H,29,30)(H,31,32)/b28-10-. The Morgan fingerprint density at radius 1 is 1.26 bits per heavy atom. The third-order valence-electron chi connectivity index (χ3n) is 4.04. The summed E-state index contributed by atoms with van der Waals surface area (Å²) in [6.45, 7) is -0.0523. The fourth-order valence-corrected chi connectivity index (χ4v) is 5.48. The van der Waals surface area contributed by atoms with Gasteiger partial charge in [-0.1, -0.05) is 6.07 Å². The molecule has 2 aromatic carbocycles. The molecule has 0 bridgehead atoms. The number of halogens is 5. The van der Waals surface area contributed by atoms with Gasteiger partial charge in [0.25, 0.3) is 0 Å². The smallest absolute Gasteiger partial charge is 0.416 e. The van der Waals surface area contributed by atoms with Gasteiger partial charge in [-0.25, -0.2) is 10.4 Å². The molecule has 1 amide bonds. The number of hydrogen-bond acceptors (Lipinski definition) is 7. The fraction of sp³-hybridized carbons (Fsp3) is 0.143. The summed E-state index contributed by atoms with van der Waals surface area (Å²) in [5.41, 5.74) is 3.10. The van der Waals surface area contributed by atoms with Crippen LogP contribution in [0.2, 0.25) is 0 Å². The van der Waals surface area contributed by atoms with Crippen LogP contribution in [0.25, 0.3) is 0 Å². The highest BCUT2D eigenvalue weighted by atomic mass is 127. The molecular formula is C21H14F3I2N5O2S. The number of amides is 1. The van der Waals surface area contributed by atoms with E-state index in [-0.39, 0.29) is 18.7 Å². The fourth-order valence-electron chi connectivity index (χ4n) is 2.62. The molecule has 0 spiro atoms. The Balaban J connectivity index is 1.55. The number of anilines is 2. The molecule has 0 fully saturated rings. The van der Waals surface area contributed by atoms with E-state index in [9.17, 15) is 18.0 Å². The largest absolute Gasteiger partial charge is 0.477 e. The molecule has 0 unspecified atom stereocenters. The molecule has 3 rings (SSSR count). The van der Waals surface area contributed by atoms with Crippen molar-refractivity contribution in [1.82, 2.24) is 10.4 Å². The molecule has 1 aromatic heterocycles. The first-order chi connectivity index (χ1) is 16.2. The van der Waals surface area contributed by atoms with E-state index in [1.807, 2.05) is 6.07 Å². The Hall–Kier alpha value is -2.45. The van der Waals surface area contributed by atoms with Gasteiger partial charge < -0.3 is 10.1 Å². The van der Waals surface area contributed by atoms with E-state index >= 15 is 0 Å². The van der Waals surface area contributed by atoms with Crippen LogP contribution in [0.4, 0.5) is 24.0 Å². The molecule has 0 aliphatic carbocycles. The molecule has 0 aliphatic heterocycles. The maximum absolute atomic E-state index is 12.9. The van der Waals surface area contributed by atoms with Crippen molar-refractivity contribution in [3.63, 3.8) is 0 Å². The zero-order valence-corrected chi connectivity index (χ0v) is 22.1. The second-order valence-corrected chi connectivity index (χ2v) is 9.76. The number of nitrogens with zero attached hydrogens (tertiary/aromatic N) is 3. The summed E-state index contributed by atoms with van der Waals surface area (Å²) in [5, 5.41) is 17.4. The van der Waals surface area contributed by atoms with Crippen molar-refractivity contribution in [3.05, 3.63) is 65.7 Å². The lowest BCUT2D eigenvalue weighted by molar-refractivity contribution is -0.137. The molecule has 1 heterocycles.